The van der Waals surface area contributed by atoms with E-state index in [0.717, 1.165) is 21.5 Å². The molecule has 0 unspecified atom stereocenters. The van der Waals surface area contributed by atoms with Gasteiger partial charge in [0.15, 0.2) is 0 Å². The maximum absolute atomic E-state index is 5.66. The van der Waals surface area contributed by atoms with E-state index in [1.54, 1.807) is 7.11 Å². The second-order valence-corrected chi connectivity index (χ2v) is 4.98. The Morgan fingerprint density at radius 2 is 2.14 bits per heavy atom. The SMILES string of the molecule is COc1ccc(Br)c2c1C(C)(C)CO2. The molecule has 0 aliphatic carbocycles. The molecule has 0 atom stereocenters. The standard InChI is InChI=1S/C11H13BrO2/c1-11(2)6-14-10-7(12)4-5-8(13-3)9(10)11/h4-5H,6H2,1-3H3. The molecule has 1 heterocycles. The van der Waals surface area contributed by atoms with Gasteiger partial charge in [-0.05, 0) is 28.1 Å². The summed E-state index contributed by atoms with van der Waals surface area (Å²) >= 11 is 3.48. The van der Waals surface area contributed by atoms with Gasteiger partial charge in [0, 0.05) is 11.0 Å². The van der Waals surface area contributed by atoms with Crippen molar-refractivity contribution < 1.29 is 9.47 Å². The predicted molar refractivity (Wildman–Crippen MR) is 59.2 cm³/mol. The molecule has 0 saturated carbocycles. The van der Waals surface area contributed by atoms with E-state index in [1.165, 1.54) is 0 Å². The van der Waals surface area contributed by atoms with Crippen molar-refractivity contribution in [2.24, 2.45) is 0 Å². The highest BCUT2D eigenvalue weighted by molar-refractivity contribution is 9.10. The fourth-order valence-corrected chi connectivity index (χ4v) is 2.26. The zero-order valence-electron chi connectivity index (χ0n) is 8.56. The van der Waals surface area contributed by atoms with Gasteiger partial charge in [-0.15, -0.1) is 0 Å². The van der Waals surface area contributed by atoms with Crippen molar-refractivity contribution in [1.29, 1.82) is 0 Å². The highest BCUT2D eigenvalue weighted by Gasteiger charge is 2.36. The lowest BCUT2D eigenvalue weighted by atomic mass is 9.86. The van der Waals surface area contributed by atoms with Gasteiger partial charge >= 0.3 is 0 Å². The van der Waals surface area contributed by atoms with Gasteiger partial charge in [0.25, 0.3) is 0 Å². The number of hydrogen-bond donors (Lipinski definition) is 0. The summed E-state index contributed by atoms with van der Waals surface area (Å²) in [4.78, 5) is 0. The first-order valence-corrected chi connectivity index (χ1v) is 5.35. The van der Waals surface area contributed by atoms with Crippen LogP contribution in [0.5, 0.6) is 11.5 Å². The van der Waals surface area contributed by atoms with E-state index in [0.29, 0.717) is 6.61 Å². The Bertz CT molecular complexity index is 372. The van der Waals surface area contributed by atoms with Crippen LogP contribution in [0.25, 0.3) is 0 Å². The number of rotatable bonds is 1. The highest BCUT2D eigenvalue weighted by Crippen LogP contribution is 2.47. The third kappa shape index (κ3) is 1.31. The Kier molecular flexibility index (Phi) is 2.22. The van der Waals surface area contributed by atoms with Crippen molar-refractivity contribution in [3.63, 3.8) is 0 Å². The summed E-state index contributed by atoms with van der Waals surface area (Å²) in [5.41, 5.74) is 1.19. The van der Waals surface area contributed by atoms with E-state index in [1.807, 2.05) is 12.1 Å². The Morgan fingerprint density at radius 1 is 1.43 bits per heavy atom. The second kappa shape index (κ2) is 3.16. The Morgan fingerprint density at radius 3 is 2.79 bits per heavy atom. The highest BCUT2D eigenvalue weighted by atomic mass is 79.9. The molecule has 1 aliphatic rings. The number of methoxy groups -OCH3 is 1. The van der Waals surface area contributed by atoms with Crippen LogP contribution in [0.1, 0.15) is 19.4 Å². The number of fused-ring (bicyclic) bond motifs is 1. The number of benzene rings is 1. The largest absolute Gasteiger partial charge is 0.496 e. The van der Waals surface area contributed by atoms with Crippen molar-refractivity contribution >= 4 is 15.9 Å². The molecular formula is C11H13BrO2. The van der Waals surface area contributed by atoms with Crippen LogP contribution in [0.3, 0.4) is 0 Å². The predicted octanol–water partition coefficient (Wildman–Crippen LogP) is 3.13. The molecule has 1 aliphatic heterocycles. The maximum atomic E-state index is 5.66. The fraction of sp³-hybridized carbons (Fsp3) is 0.455. The van der Waals surface area contributed by atoms with Crippen LogP contribution >= 0.6 is 15.9 Å². The molecular weight excluding hydrogens is 244 g/mol. The van der Waals surface area contributed by atoms with Crippen LogP contribution < -0.4 is 9.47 Å². The Balaban J connectivity index is 2.66. The van der Waals surface area contributed by atoms with Gasteiger partial charge in [0.2, 0.25) is 0 Å². The van der Waals surface area contributed by atoms with Crippen LogP contribution in [0, 0.1) is 0 Å². The zero-order chi connectivity index (χ0) is 10.3. The molecule has 0 spiro atoms. The molecule has 0 N–H and O–H groups in total. The van der Waals surface area contributed by atoms with Gasteiger partial charge in [-0.25, -0.2) is 0 Å². The monoisotopic (exact) mass is 256 g/mol. The Hall–Kier alpha value is -0.700. The quantitative estimate of drug-likeness (QED) is 0.769. The molecule has 0 fully saturated rings. The molecule has 1 aromatic rings. The molecule has 76 valence electrons. The van der Waals surface area contributed by atoms with Crippen molar-refractivity contribution in [2.75, 3.05) is 13.7 Å². The first-order chi connectivity index (χ1) is 6.56. The number of ether oxygens (including phenoxy) is 2. The van der Waals surface area contributed by atoms with E-state index in [-0.39, 0.29) is 5.41 Å². The smallest absolute Gasteiger partial charge is 0.141 e. The van der Waals surface area contributed by atoms with Crippen LogP contribution in [-0.2, 0) is 5.41 Å². The maximum Gasteiger partial charge on any atom is 0.141 e. The van der Waals surface area contributed by atoms with Gasteiger partial charge in [-0.2, -0.15) is 0 Å². The molecule has 1 aromatic carbocycles. The van der Waals surface area contributed by atoms with Crippen molar-refractivity contribution in [3.8, 4) is 11.5 Å². The van der Waals surface area contributed by atoms with E-state index in [2.05, 4.69) is 29.8 Å². The topological polar surface area (TPSA) is 18.5 Å². The molecule has 0 aromatic heterocycles. The van der Waals surface area contributed by atoms with Crippen molar-refractivity contribution in [2.45, 2.75) is 19.3 Å². The van der Waals surface area contributed by atoms with Crippen LogP contribution in [0.4, 0.5) is 0 Å². The molecule has 0 bridgehead atoms. The Labute approximate surface area is 92.3 Å². The normalized spacial score (nSPS) is 17.4. The molecule has 2 rings (SSSR count). The van der Waals surface area contributed by atoms with Crippen LogP contribution in [-0.4, -0.2) is 13.7 Å². The number of hydrogen-bond acceptors (Lipinski definition) is 2. The van der Waals surface area contributed by atoms with E-state index in [9.17, 15) is 0 Å². The first-order valence-electron chi connectivity index (χ1n) is 4.56. The second-order valence-electron chi connectivity index (χ2n) is 4.13. The average molecular weight is 257 g/mol. The summed E-state index contributed by atoms with van der Waals surface area (Å²) in [5.74, 6) is 1.83. The van der Waals surface area contributed by atoms with Gasteiger partial charge in [0.1, 0.15) is 11.5 Å². The van der Waals surface area contributed by atoms with Crippen molar-refractivity contribution in [1.82, 2.24) is 0 Å². The zero-order valence-corrected chi connectivity index (χ0v) is 10.1. The minimum atomic E-state index is 0.0322. The molecule has 2 nitrogen and oxygen atoms in total. The lowest BCUT2D eigenvalue weighted by Crippen LogP contribution is -2.19. The molecule has 0 saturated heterocycles. The van der Waals surface area contributed by atoms with Gasteiger partial charge < -0.3 is 9.47 Å². The third-order valence-electron chi connectivity index (χ3n) is 2.55. The summed E-state index contributed by atoms with van der Waals surface area (Å²) in [6.07, 6.45) is 0. The average Bonchev–Trinajstić information content (AvgIpc) is 2.45. The van der Waals surface area contributed by atoms with Crippen LogP contribution in [0.15, 0.2) is 16.6 Å². The summed E-state index contributed by atoms with van der Waals surface area (Å²) in [6.45, 7) is 5.03. The molecule has 3 heteroatoms. The van der Waals surface area contributed by atoms with Gasteiger partial charge in [-0.1, -0.05) is 13.8 Å². The third-order valence-corrected chi connectivity index (χ3v) is 3.17. The lowest BCUT2D eigenvalue weighted by Gasteiger charge is -2.18. The first kappa shape index (κ1) is 9.84. The molecule has 0 radical (unpaired) electrons. The summed E-state index contributed by atoms with van der Waals surface area (Å²) in [7, 11) is 1.69. The molecule has 0 amide bonds. The minimum Gasteiger partial charge on any atom is -0.496 e. The van der Waals surface area contributed by atoms with E-state index in [4.69, 9.17) is 9.47 Å². The van der Waals surface area contributed by atoms with Crippen LogP contribution in [0.2, 0.25) is 0 Å². The van der Waals surface area contributed by atoms with Crippen molar-refractivity contribution in [3.05, 3.63) is 22.2 Å². The lowest BCUT2D eigenvalue weighted by molar-refractivity contribution is 0.288. The summed E-state index contributed by atoms with van der Waals surface area (Å²) in [6, 6.07) is 3.93. The van der Waals surface area contributed by atoms with Gasteiger partial charge in [0.05, 0.1) is 18.2 Å². The fourth-order valence-electron chi connectivity index (χ4n) is 1.82. The van der Waals surface area contributed by atoms with Gasteiger partial charge in [-0.3, -0.25) is 0 Å². The number of halogens is 1. The summed E-state index contributed by atoms with van der Waals surface area (Å²) in [5, 5.41) is 0. The van der Waals surface area contributed by atoms with E-state index < -0.39 is 0 Å². The molecule has 14 heavy (non-hydrogen) atoms. The van der Waals surface area contributed by atoms with E-state index >= 15 is 0 Å². The summed E-state index contributed by atoms with van der Waals surface area (Å²) < 4.78 is 12.0. The minimum absolute atomic E-state index is 0.0322.